The summed E-state index contributed by atoms with van der Waals surface area (Å²) in [4.78, 5) is 2.45. The monoisotopic (exact) mass is 242 g/mol. The highest BCUT2D eigenvalue weighted by Gasteiger charge is 2.29. The Labute approximate surface area is 104 Å². The Hall–Kier alpha value is -0.160. The van der Waals surface area contributed by atoms with E-state index in [4.69, 9.17) is 15.2 Å². The van der Waals surface area contributed by atoms with E-state index >= 15 is 0 Å². The van der Waals surface area contributed by atoms with Crippen LogP contribution in [-0.2, 0) is 9.47 Å². The molecule has 2 rings (SSSR count). The number of ether oxygens (including phenoxy) is 2. The summed E-state index contributed by atoms with van der Waals surface area (Å²) in [5, 5.41) is 0. The molecule has 0 radical (unpaired) electrons. The molecule has 17 heavy (non-hydrogen) atoms. The van der Waals surface area contributed by atoms with Gasteiger partial charge in [-0.25, -0.2) is 0 Å². The third kappa shape index (κ3) is 3.65. The van der Waals surface area contributed by atoms with Gasteiger partial charge in [0.05, 0.1) is 6.61 Å². The van der Waals surface area contributed by atoms with Crippen molar-refractivity contribution in [1.82, 2.24) is 4.90 Å². The smallest absolute Gasteiger partial charge is 0.0510 e. The van der Waals surface area contributed by atoms with Crippen LogP contribution in [0.15, 0.2) is 0 Å². The lowest BCUT2D eigenvalue weighted by Gasteiger charge is -2.34. The van der Waals surface area contributed by atoms with Crippen LogP contribution in [0.2, 0.25) is 0 Å². The Bertz CT molecular complexity index is 213. The van der Waals surface area contributed by atoms with Crippen molar-refractivity contribution >= 4 is 0 Å². The van der Waals surface area contributed by atoms with Gasteiger partial charge in [-0.05, 0) is 32.2 Å². The molecule has 4 nitrogen and oxygen atoms in total. The number of hydrogen-bond acceptors (Lipinski definition) is 4. The zero-order valence-corrected chi connectivity index (χ0v) is 10.9. The lowest BCUT2D eigenvalue weighted by molar-refractivity contribution is 0.0448. The van der Waals surface area contributed by atoms with Gasteiger partial charge < -0.3 is 20.1 Å². The van der Waals surface area contributed by atoms with Crippen molar-refractivity contribution in [3.63, 3.8) is 0 Å². The molecule has 2 unspecified atom stereocenters. The van der Waals surface area contributed by atoms with E-state index in [1.807, 2.05) is 0 Å². The second kappa shape index (κ2) is 6.69. The predicted octanol–water partition coefficient (Wildman–Crippen LogP) is 0.709. The maximum absolute atomic E-state index is 5.94. The second-order valence-electron chi connectivity index (χ2n) is 5.42. The molecule has 4 heteroatoms. The molecule has 2 heterocycles. The van der Waals surface area contributed by atoms with Crippen LogP contribution >= 0.6 is 0 Å². The van der Waals surface area contributed by atoms with Gasteiger partial charge in [0.2, 0.25) is 0 Å². The quantitative estimate of drug-likeness (QED) is 0.771. The third-order valence-electron chi connectivity index (χ3n) is 4.20. The lowest BCUT2D eigenvalue weighted by atomic mass is 9.94. The summed E-state index contributed by atoms with van der Waals surface area (Å²) in [6.45, 7) is 5.55. The van der Waals surface area contributed by atoms with Gasteiger partial charge in [0.1, 0.15) is 0 Å². The minimum absolute atomic E-state index is 0.486. The first-order valence-electron chi connectivity index (χ1n) is 6.87. The number of nitrogens with two attached hydrogens (primary N) is 1. The fraction of sp³-hybridized carbons (Fsp3) is 1.00. The van der Waals surface area contributed by atoms with Gasteiger partial charge in [0, 0.05) is 44.9 Å². The maximum Gasteiger partial charge on any atom is 0.0510 e. The first-order chi connectivity index (χ1) is 8.31. The van der Waals surface area contributed by atoms with Crippen LogP contribution in [0.25, 0.3) is 0 Å². The summed E-state index contributed by atoms with van der Waals surface area (Å²) in [6, 6.07) is 0.486. The minimum atomic E-state index is 0.486. The largest absolute Gasteiger partial charge is 0.381 e. The topological polar surface area (TPSA) is 47.7 Å². The highest BCUT2D eigenvalue weighted by Crippen LogP contribution is 2.22. The van der Waals surface area contributed by atoms with Gasteiger partial charge in [0.15, 0.2) is 0 Å². The zero-order chi connectivity index (χ0) is 12.1. The first kappa shape index (κ1) is 13.3. The fourth-order valence-electron chi connectivity index (χ4n) is 3.06. The molecule has 0 aromatic rings. The van der Waals surface area contributed by atoms with Crippen LogP contribution in [0.5, 0.6) is 0 Å². The summed E-state index contributed by atoms with van der Waals surface area (Å²) < 4.78 is 10.9. The van der Waals surface area contributed by atoms with Gasteiger partial charge in [-0.1, -0.05) is 0 Å². The fourth-order valence-corrected chi connectivity index (χ4v) is 3.06. The summed E-state index contributed by atoms with van der Waals surface area (Å²) in [5.41, 5.74) is 5.94. The number of hydrogen-bond donors (Lipinski definition) is 1. The van der Waals surface area contributed by atoms with Crippen molar-refractivity contribution in [2.24, 2.45) is 17.6 Å². The van der Waals surface area contributed by atoms with Crippen LogP contribution in [-0.4, -0.2) is 57.5 Å². The molecular formula is C13H26N2O2. The summed E-state index contributed by atoms with van der Waals surface area (Å²) in [6.07, 6.45) is 3.56. The molecule has 0 amide bonds. The van der Waals surface area contributed by atoms with E-state index in [0.717, 1.165) is 45.4 Å². The molecule has 0 saturated carbocycles. The van der Waals surface area contributed by atoms with Crippen molar-refractivity contribution in [3.8, 4) is 0 Å². The van der Waals surface area contributed by atoms with Crippen molar-refractivity contribution in [2.45, 2.75) is 25.3 Å². The maximum atomic E-state index is 5.94. The third-order valence-corrected chi connectivity index (χ3v) is 4.20. The average molecular weight is 242 g/mol. The van der Waals surface area contributed by atoms with E-state index in [1.165, 1.54) is 19.3 Å². The molecule has 2 fully saturated rings. The van der Waals surface area contributed by atoms with Crippen LogP contribution < -0.4 is 5.73 Å². The molecule has 2 aliphatic rings. The summed E-state index contributed by atoms with van der Waals surface area (Å²) >= 11 is 0. The molecule has 0 spiro atoms. The normalized spacial score (nSPS) is 28.8. The average Bonchev–Trinajstić information content (AvgIpc) is 2.85. The molecule has 2 N–H and O–H groups in total. The Morgan fingerprint density at radius 2 is 1.88 bits per heavy atom. The highest BCUT2D eigenvalue weighted by molar-refractivity contribution is 4.82. The van der Waals surface area contributed by atoms with E-state index in [-0.39, 0.29) is 0 Å². The molecule has 2 atom stereocenters. The van der Waals surface area contributed by atoms with Gasteiger partial charge in [-0.3, -0.25) is 0 Å². The summed E-state index contributed by atoms with van der Waals surface area (Å²) in [7, 11) is 2.21. The Balaban J connectivity index is 1.80. The van der Waals surface area contributed by atoms with Crippen LogP contribution in [0, 0.1) is 11.8 Å². The predicted molar refractivity (Wildman–Crippen MR) is 67.9 cm³/mol. The number of nitrogens with zero attached hydrogens (tertiary/aromatic N) is 1. The highest BCUT2D eigenvalue weighted by atomic mass is 16.5. The van der Waals surface area contributed by atoms with Crippen LogP contribution in [0.3, 0.4) is 0 Å². The summed E-state index contributed by atoms with van der Waals surface area (Å²) in [5.74, 6) is 1.41. The van der Waals surface area contributed by atoms with Gasteiger partial charge in [0.25, 0.3) is 0 Å². The Kier molecular flexibility index (Phi) is 5.22. The van der Waals surface area contributed by atoms with E-state index in [1.54, 1.807) is 0 Å². The van der Waals surface area contributed by atoms with E-state index in [2.05, 4.69) is 11.9 Å². The minimum Gasteiger partial charge on any atom is -0.381 e. The Morgan fingerprint density at radius 3 is 2.47 bits per heavy atom. The zero-order valence-electron chi connectivity index (χ0n) is 10.9. The molecule has 2 aliphatic heterocycles. The lowest BCUT2D eigenvalue weighted by Crippen LogP contribution is -2.46. The van der Waals surface area contributed by atoms with Crippen LogP contribution in [0.1, 0.15) is 19.3 Å². The van der Waals surface area contributed by atoms with Gasteiger partial charge in [-0.15, -0.1) is 0 Å². The SMILES string of the molecule is CN(CC1CCOCC1)C(CN)C1CCOC1. The van der Waals surface area contributed by atoms with Crippen molar-refractivity contribution < 1.29 is 9.47 Å². The second-order valence-corrected chi connectivity index (χ2v) is 5.42. The molecular weight excluding hydrogens is 216 g/mol. The Morgan fingerprint density at radius 1 is 1.18 bits per heavy atom. The van der Waals surface area contributed by atoms with E-state index < -0.39 is 0 Å². The first-order valence-corrected chi connectivity index (χ1v) is 6.87. The van der Waals surface area contributed by atoms with E-state index in [9.17, 15) is 0 Å². The van der Waals surface area contributed by atoms with Crippen LogP contribution in [0.4, 0.5) is 0 Å². The molecule has 0 aliphatic carbocycles. The standard InChI is InChI=1S/C13H26N2O2/c1-15(9-11-2-5-16-6-3-11)13(8-14)12-4-7-17-10-12/h11-13H,2-10,14H2,1H3. The van der Waals surface area contributed by atoms with Crippen molar-refractivity contribution in [2.75, 3.05) is 46.6 Å². The molecule has 100 valence electrons. The molecule has 0 aromatic heterocycles. The molecule has 0 bridgehead atoms. The van der Waals surface area contributed by atoms with E-state index in [0.29, 0.717) is 12.0 Å². The van der Waals surface area contributed by atoms with Crippen molar-refractivity contribution in [3.05, 3.63) is 0 Å². The van der Waals surface area contributed by atoms with Gasteiger partial charge >= 0.3 is 0 Å². The molecule has 2 saturated heterocycles. The molecule has 0 aromatic carbocycles. The van der Waals surface area contributed by atoms with Gasteiger partial charge in [-0.2, -0.15) is 0 Å². The number of rotatable bonds is 5. The number of likely N-dealkylation sites (N-methyl/N-ethyl adjacent to an activating group) is 1. The van der Waals surface area contributed by atoms with Crippen molar-refractivity contribution in [1.29, 1.82) is 0 Å².